The maximum absolute atomic E-state index is 13.7. The van der Waals surface area contributed by atoms with E-state index in [1.54, 1.807) is 31.2 Å². The zero-order valence-electron chi connectivity index (χ0n) is 14.3. The van der Waals surface area contributed by atoms with Crippen molar-refractivity contribution in [3.05, 3.63) is 66.0 Å². The highest BCUT2D eigenvalue weighted by atomic mass is 32.2. The summed E-state index contributed by atoms with van der Waals surface area (Å²) in [5.41, 5.74) is 4.88. The second-order valence-electron chi connectivity index (χ2n) is 6.28. The summed E-state index contributed by atoms with van der Waals surface area (Å²) < 4.78 is 45.2. The van der Waals surface area contributed by atoms with Gasteiger partial charge in [0.25, 0.3) is 0 Å². The molecule has 0 radical (unpaired) electrons. The lowest BCUT2D eigenvalue weighted by Gasteiger charge is -2.14. The Balaban J connectivity index is 2.13. The van der Waals surface area contributed by atoms with Crippen LogP contribution < -0.4 is 5.73 Å². The van der Waals surface area contributed by atoms with Gasteiger partial charge in [0.15, 0.2) is 9.84 Å². The number of sulfone groups is 1. The molecule has 0 aromatic heterocycles. The van der Waals surface area contributed by atoms with E-state index in [2.05, 4.69) is 0 Å². The van der Waals surface area contributed by atoms with E-state index in [9.17, 15) is 17.6 Å². The lowest BCUT2D eigenvalue weighted by molar-refractivity contribution is -0.149. The van der Waals surface area contributed by atoms with Gasteiger partial charge in [-0.1, -0.05) is 30.3 Å². The van der Waals surface area contributed by atoms with E-state index in [0.717, 1.165) is 0 Å². The maximum Gasteiger partial charge on any atom is 0.315 e. The Morgan fingerprint density at radius 1 is 1.19 bits per heavy atom. The van der Waals surface area contributed by atoms with Crippen LogP contribution in [0.1, 0.15) is 18.4 Å². The first kappa shape index (κ1) is 18.5. The van der Waals surface area contributed by atoms with Crippen molar-refractivity contribution in [3.63, 3.8) is 0 Å². The fourth-order valence-corrected chi connectivity index (χ4v) is 6.03. The Bertz CT molecular complexity index is 916. The fraction of sp³-hybridized carbons (Fsp3) is 0.316. The van der Waals surface area contributed by atoms with Crippen LogP contribution in [0.4, 0.5) is 4.39 Å². The van der Waals surface area contributed by atoms with Crippen LogP contribution in [0.15, 0.2) is 59.5 Å². The van der Waals surface area contributed by atoms with Gasteiger partial charge >= 0.3 is 5.97 Å². The maximum atomic E-state index is 13.7. The van der Waals surface area contributed by atoms with Crippen molar-refractivity contribution in [2.24, 2.45) is 11.1 Å². The SMILES string of the molecule is CCOC(=O)[C@]1(CN)[C@@H](c2cccc(F)c2)[C@@H]1S(=O)(=O)c1ccccc1. The van der Waals surface area contributed by atoms with Crippen molar-refractivity contribution >= 4 is 15.8 Å². The molecule has 3 atom stereocenters. The molecular formula is C19H20FNO4S. The number of carbonyl (C=O) groups excluding carboxylic acids is 1. The number of ether oxygens (including phenoxy) is 1. The topological polar surface area (TPSA) is 86.5 Å². The summed E-state index contributed by atoms with van der Waals surface area (Å²) in [7, 11) is -3.86. The van der Waals surface area contributed by atoms with Gasteiger partial charge in [0.2, 0.25) is 0 Å². The van der Waals surface area contributed by atoms with Gasteiger partial charge in [0.05, 0.1) is 16.8 Å². The molecule has 2 N–H and O–H groups in total. The van der Waals surface area contributed by atoms with E-state index in [4.69, 9.17) is 10.5 Å². The first-order chi connectivity index (χ1) is 12.4. The Morgan fingerprint density at radius 2 is 1.88 bits per heavy atom. The highest BCUT2D eigenvalue weighted by Crippen LogP contribution is 2.64. The number of rotatable bonds is 6. The predicted molar refractivity (Wildman–Crippen MR) is 94.7 cm³/mol. The van der Waals surface area contributed by atoms with Crippen molar-refractivity contribution in [3.8, 4) is 0 Å². The molecule has 7 heteroatoms. The van der Waals surface area contributed by atoms with Crippen molar-refractivity contribution < 1.29 is 22.3 Å². The molecule has 2 aromatic rings. The number of benzene rings is 2. The third kappa shape index (κ3) is 2.81. The molecule has 26 heavy (non-hydrogen) atoms. The smallest absolute Gasteiger partial charge is 0.315 e. The molecular weight excluding hydrogens is 357 g/mol. The minimum atomic E-state index is -3.86. The standard InChI is InChI=1S/C19H20FNO4S/c1-2-25-18(22)19(12-21)16(13-7-6-8-14(20)11-13)17(19)26(23,24)15-9-4-3-5-10-15/h3-11,16-17H,2,12,21H2,1H3/t16-,17-,19+/m0/s1. The predicted octanol–water partition coefficient (Wildman–Crippen LogP) is 2.27. The normalized spacial score (nSPS) is 24.9. The molecule has 0 unspecified atom stereocenters. The average Bonchev–Trinajstić information content (AvgIpc) is 3.34. The average molecular weight is 377 g/mol. The number of hydrogen-bond donors (Lipinski definition) is 1. The van der Waals surface area contributed by atoms with Crippen LogP contribution in [0, 0.1) is 11.2 Å². The monoisotopic (exact) mass is 377 g/mol. The molecule has 138 valence electrons. The van der Waals surface area contributed by atoms with Gasteiger partial charge in [-0.2, -0.15) is 0 Å². The summed E-state index contributed by atoms with van der Waals surface area (Å²) in [5, 5.41) is -1.09. The van der Waals surface area contributed by atoms with Crippen LogP contribution in [0.3, 0.4) is 0 Å². The lowest BCUT2D eigenvalue weighted by Crippen LogP contribution is -2.33. The van der Waals surface area contributed by atoms with Crippen molar-refractivity contribution in [2.45, 2.75) is 23.0 Å². The molecule has 1 saturated carbocycles. The summed E-state index contributed by atoms with van der Waals surface area (Å²) in [6.45, 7) is 1.54. The van der Waals surface area contributed by atoms with Crippen LogP contribution in [0.2, 0.25) is 0 Å². The molecule has 1 aliphatic carbocycles. The minimum Gasteiger partial charge on any atom is -0.465 e. The molecule has 0 heterocycles. The Labute approximate surface area is 151 Å². The van der Waals surface area contributed by atoms with E-state index in [1.807, 2.05) is 0 Å². The van der Waals surface area contributed by atoms with E-state index in [-0.39, 0.29) is 18.0 Å². The van der Waals surface area contributed by atoms with Crippen LogP contribution in [0.25, 0.3) is 0 Å². The molecule has 0 spiro atoms. The third-order valence-electron chi connectivity index (χ3n) is 4.86. The molecule has 5 nitrogen and oxygen atoms in total. The van der Waals surface area contributed by atoms with E-state index in [0.29, 0.717) is 5.56 Å². The minimum absolute atomic E-state index is 0.103. The Hall–Kier alpha value is -2.25. The molecule has 0 saturated heterocycles. The number of nitrogens with two attached hydrogens (primary N) is 1. The zero-order valence-corrected chi connectivity index (χ0v) is 15.1. The molecule has 1 fully saturated rings. The summed E-state index contributed by atoms with van der Waals surface area (Å²) in [4.78, 5) is 12.8. The van der Waals surface area contributed by atoms with Crippen molar-refractivity contribution in [1.82, 2.24) is 0 Å². The van der Waals surface area contributed by atoms with Gasteiger partial charge in [-0.05, 0) is 36.8 Å². The van der Waals surface area contributed by atoms with Gasteiger partial charge < -0.3 is 10.5 Å². The van der Waals surface area contributed by atoms with Gasteiger partial charge in [0, 0.05) is 12.5 Å². The molecule has 3 rings (SSSR count). The third-order valence-corrected chi connectivity index (χ3v) is 7.15. The number of halogens is 1. The molecule has 0 amide bonds. The second kappa shape index (κ2) is 6.81. The quantitative estimate of drug-likeness (QED) is 0.781. The second-order valence-corrected chi connectivity index (χ2v) is 8.35. The Morgan fingerprint density at radius 3 is 2.46 bits per heavy atom. The first-order valence-corrected chi connectivity index (χ1v) is 9.86. The van der Waals surface area contributed by atoms with E-state index < -0.39 is 38.2 Å². The number of esters is 1. The van der Waals surface area contributed by atoms with Gasteiger partial charge in [-0.3, -0.25) is 4.79 Å². The Kier molecular flexibility index (Phi) is 4.86. The van der Waals surface area contributed by atoms with E-state index in [1.165, 1.54) is 30.3 Å². The number of hydrogen-bond acceptors (Lipinski definition) is 5. The van der Waals surface area contributed by atoms with Crippen LogP contribution >= 0.6 is 0 Å². The van der Waals surface area contributed by atoms with Crippen molar-refractivity contribution in [2.75, 3.05) is 13.2 Å². The largest absolute Gasteiger partial charge is 0.465 e. The summed E-state index contributed by atoms with van der Waals surface area (Å²) in [6.07, 6.45) is 0. The fourth-order valence-electron chi connectivity index (χ4n) is 3.62. The summed E-state index contributed by atoms with van der Waals surface area (Å²) in [5.74, 6) is -1.92. The first-order valence-electron chi connectivity index (χ1n) is 8.31. The molecule has 0 bridgehead atoms. The zero-order chi connectivity index (χ0) is 18.9. The van der Waals surface area contributed by atoms with Crippen LogP contribution in [0.5, 0.6) is 0 Å². The van der Waals surface area contributed by atoms with Gasteiger partial charge in [-0.15, -0.1) is 0 Å². The van der Waals surface area contributed by atoms with Crippen LogP contribution in [-0.2, 0) is 19.4 Å². The van der Waals surface area contributed by atoms with Gasteiger partial charge in [0.1, 0.15) is 11.2 Å². The van der Waals surface area contributed by atoms with Crippen LogP contribution in [-0.4, -0.2) is 32.8 Å². The molecule has 0 aliphatic heterocycles. The van der Waals surface area contributed by atoms with Gasteiger partial charge in [-0.25, -0.2) is 12.8 Å². The highest BCUT2D eigenvalue weighted by Gasteiger charge is 2.75. The molecule has 1 aliphatic rings. The van der Waals surface area contributed by atoms with E-state index >= 15 is 0 Å². The van der Waals surface area contributed by atoms with Crippen molar-refractivity contribution in [1.29, 1.82) is 0 Å². The highest BCUT2D eigenvalue weighted by molar-refractivity contribution is 7.92. The lowest BCUT2D eigenvalue weighted by atomic mass is 9.99. The summed E-state index contributed by atoms with van der Waals surface area (Å²) >= 11 is 0. The summed E-state index contributed by atoms with van der Waals surface area (Å²) in [6, 6.07) is 13.5. The molecule has 2 aromatic carbocycles. The number of carbonyl (C=O) groups is 1.